The van der Waals surface area contributed by atoms with Crippen molar-refractivity contribution in [3.05, 3.63) is 35.9 Å². The fourth-order valence-electron chi connectivity index (χ4n) is 1.44. The molecule has 1 atom stereocenters. The van der Waals surface area contributed by atoms with Crippen molar-refractivity contribution in [3.8, 4) is 0 Å². The SMILES string of the molecule is NCC(=O)NCC(=O)C(NC(=O)c1ccccc1)C(=O)O. The third-order valence-electron chi connectivity index (χ3n) is 2.53. The number of hydrogen-bond donors (Lipinski definition) is 4. The van der Waals surface area contributed by atoms with Gasteiger partial charge in [0.2, 0.25) is 5.91 Å². The van der Waals surface area contributed by atoms with Crippen LogP contribution in [0.1, 0.15) is 10.4 Å². The summed E-state index contributed by atoms with van der Waals surface area (Å²) >= 11 is 0. The molecule has 1 aromatic carbocycles. The van der Waals surface area contributed by atoms with Crippen LogP contribution in [0.2, 0.25) is 0 Å². The first-order valence-corrected chi connectivity index (χ1v) is 6.04. The summed E-state index contributed by atoms with van der Waals surface area (Å²) in [5, 5.41) is 13.2. The van der Waals surface area contributed by atoms with Crippen LogP contribution in [0.3, 0.4) is 0 Å². The van der Waals surface area contributed by atoms with E-state index in [1.54, 1.807) is 18.2 Å². The van der Waals surface area contributed by atoms with Crippen molar-refractivity contribution in [1.82, 2.24) is 10.6 Å². The number of carbonyl (C=O) groups is 4. The topological polar surface area (TPSA) is 139 Å². The summed E-state index contributed by atoms with van der Waals surface area (Å²) < 4.78 is 0. The van der Waals surface area contributed by atoms with Crippen molar-refractivity contribution in [2.45, 2.75) is 6.04 Å². The highest BCUT2D eigenvalue weighted by molar-refractivity contribution is 6.08. The molecule has 0 aliphatic heterocycles. The number of nitrogens with two attached hydrogens (primary N) is 1. The van der Waals surface area contributed by atoms with Crippen LogP contribution in [-0.2, 0) is 14.4 Å². The third kappa shape index (κ3) is 5.03. The summed E-state index contributed by atoms with van der Waals surface area (Å²) in [4.78, 5) is 45.5. The minimum atomic E-state index is -1.74. The van der Waals surface area contributed by atoms with Crippen LogP contribution in [0.15, 0.2) is 30.3 Å². The van der Waals surface area contributed by atoms with Gasteiger partial charge in [-0.2, -0.15) is 0 Å². The van der Waals surface area contributed by atoms with E-state index >= 15 is 0 Å². The van der Waals surface area contributed by atoms with Crippen molar-refractivity contribution < 1.29 is 24.3 Å². The van der Waals surface area contributed by atoms with Gasteiger partial charge in [0.1, 0.15) is 0 Å². The number of ketones is 1. The predicted molar refractivity (Wildman–Crippen MR) is 72.4 cm³/mol. The lowest BCUT2D eigenvalue weighted by Gasteiger charge is -2.13. The van der Waals surface area contributed by atoms with Crippen molar-refractivity contribution in [1.29, 1.82) is 0 Å². The van der Waals surface area contributed by atoms with Crippen LogP contribution in [0, 0.1) is 0 Å². The van der Waals surface area contributed by atoms with Crippen molar-refractivity contribution in [3.63, 3.8) is 0 Å². The second-order valence-corrected chi connectivity index (χ2v) is 4.06. The fraction of sp³-hybridized carbons (Fsp3) is 0.231. The Morgan fingerprint density at radius 2 is 1.76 bits per heavy atom. The molecule has 0 heterocycles. The monoisotopic (exact) mass is 293 g/mol. The Balaban J connectivity index is 2.69. The molecule has 0 radical (unpaired) electrons. The molecule has 1 aromatic rings. The van der Waals surface area contributed by atoms with E-state index in [0.717, 1.165) is 0 Å². The Labute approximate surface area is 120 Å². The zero-order valence-electron chi connectivity index (χ0n) is 11.0. The maximum atomic E-state index is 11.8. The Morgan fingerprint density at radius 1 is 1.14 bits per heavy atom. The molecular formula is C13H15N3O5. The summed E-state index contributed by atoms with van der Waals surface area (Å²) in [6.07, 6.45) is 0. The average molecular weight is 293 g/mol. The minimum Gasteiger partial charge on any atom is -0.479 e. The molecule has 0 aromatic heterocycles. The van der Waals surface area contributed by atoms with Crippen LogP contribution < -0.4 is 16.4 Å². The molecule has 8 heteroatoms. The van der Waals surface area contributed by atoms with Crippen LogP contribution >= 0.6 is 0 Å². The zero-order valence-corrected chi connectivity index (χ0v) is 11.0. The molecule has 21 heavy (non-hydrogen) atoms. The van der Waals surface area contributed by atoms with Crippen molar-refractivity contribution in [2.24, 2.45) is 5.73 Å². The maximum Gasteiger partial charge on any atom is 0.334 e. The number of amides is 2. The fourth-order valence-corrected chi connectivity index (χ4v) is 1.44. The Bertz CT molecular complexity index is 544. The van der Waals surface area contributed by atoms with Gasteiger partial charge in [0.15, 0.2) is 11.8 Å². The van der Waals surface area contributed by atoms with E-state index in [0.29, 0.717) is 0 Å². The predicted octanol–water partition coefficient (Wildman–Crippen LogP) is -1.49. The highest BCUT2D eigenvalue weighted by Gasteiger charge is 2.28. The molecular weight excluding hydrogens is 278 g/mol. The van der Waals surface area contributed by atoms with Gasteiger partial charge in [-0.15, -0.1) is 0 Å². The molecule has 0 aliphatic carbocycles. The van der Waals surface area contributed by atoms with Crippen LogP contribution in [0.5, 0.6) is 0 Å². The molecule has 8 nitrogen and oxygen atoms in total. The van der Waals surface area contributed by atoms with Gasteiger partial charge in [-0.1, -0.05) is 18.2 Å². The maximum absolute atomic E-state index is 11.8. The first-order valence-electron chi connectivity index (χ1n) is 6.04. The van der Waals surface area contributed by atoms with E-state index in [1.165, 1.54) is 12.1 Å². The number of hydrogen-bond acceptors (Lipinski definition) is 5. The molecule has 0 saturated heterocycles. The lowest BCUT2D eigenvalue weighted by Crippen LogP contribution is -2.50. The van der Waals surface area contributed by atoms with Gasteiger partial charge in [0.25, 0.3) is 5.91 Å². The highest BCUT2D eigenvalue weighted by atomic mass is 16.4. The number of carbonyl (C=O) groups excluding carboxylic acids is 3. The number of carboxylic acids is 1. The number of benzene rings is 1. The summed E-state index contributed by atoms with van der Waals surface area (Å²) in [6.45, 7) is -0.844. The molecule has 0 saturated carbocycles. The van der Waals surface area contributed by atoms with Gasteiger partial charge in [-0.3, -0.25) is 14.4 Å². The second-order valence-electron chi connectivity index (χ2n) is 4.06. The smallest absolute Gasteiger partial charge is 0.334 e. The molecule has 1 rings (SSSR count). The first kappa shape index (κ1) is 16.3. The molecule has 0 spiro atoms. The first-order chi connectivity index (χ1) is 9.95. The molecule has 1 unspecified atom stereocenters. The lowest BCUT2D eigenvalue weighted by atomic mass is 10.1. The quantitative estimate of drug-likeness (QED) is 0.452. The number of rotatable bonds is 7. The van der Waals surface area contributed by atoms with Gasteiger partial charge in [0, 0.05) is 5.56 Å². The summed E-state index contributed by atoms with van der Waals surface area (Å²) in [5.74, 6) is -3.65. The van der Waals surface area contributed by atoms with E-state index in [1.807, 2.05) is 0 Å². The van der Waals surface area contributed by atoms with Crippen LogP contribution in [-0.4, -0.2) is 47.8 Å². The Morgan fingerprint density at radius 3 is 2.29 bits per heavy atom. The van der Waals surface area contributed by atoms with Gasteiger partial charge >= 0.3 is 5.97 Å². The van der Waals surface area contributed by atoms with E-state index in [2.05, 4.69) is 10.6 Å². The molecule has 112 valence electrons. The average Bonchev–Trinajstić information content (AvgIpc) is 2.50. The highest BCUT2D eigenvalue weighted by Crippen LogP contribution is 1.99. The number of carboxylic acid groups (broad SMARTS) is 1. The van der Waals surface area contributed by atoms with E-state index in [9.17, 15) is 19.2 Å². The summed E-state index contributed by atoms with van der Waals surface area (Å²) in [5.41, 5.74) is 5.27. The van der Waals surface area contributed by atoms with E-state index in [-0.39, 0.29) is 12.1 Å². The Kier molecular flexibility index (Phi) is 6.02. The van der Waals surface area contributed by atoms with E-state index < -0.39 is 36.2 Å². The van der Waals surface area contributed by atoms with Gasteiger partial charge in [-0.05, 0) is 12.1 Å². The van der Waals surface area contributed by atoms with Gasteiger partial charge in [0.05, 0.1) is 13.1 Å². The summed E-state index contributed by atoms with van der Waals surface area (Å²) in [7, 11) is 0. The minimum absolute atomic E-state index is 0.225. The van der Waals surface area contributed by atoms with Gasteiger partial charge in [-0.25, -0.2) is 4.79 Å². The molecule has 5 N–H and O–H groups in total. The number of nitrogens with one attached hydrogen (secondary N) is 2. The number of Topliss-reactive ketones (excluding diaryl/α,β-unsaturated/α-hetero) is 1. The molecule has 0 bridgehead atoms. The standard InChI is InChI=1S/C13H15N3O5/c14-6-10(18)15-7-9(17)11(13(20)21)16-12(19)8-4-2-1-3-5-8/h1-5,11H,6-7,14H2,(H,15,18)(H,16,19)(H,20,21). The lowest BCUT2D eigenvalue weighted by molar-refractivity contribution is -0.143. The summed E-state index contributed by atoms with van der Waals surface area (Å²) in [6, 6.07) is 6.13. The van der Waals surface area contributed by atoms with Crippen LogP contribution in [0.4, 0.5) is 0 Å². The Hall–Kier alpha value is -2.74. The second kappa shape index (κ2) is 7.75. The van der Waals surface area contributed by atoms with E-state index in [4.69, 9.17) is 10.8 Å². The van der Waals surface area contributed by atoms with Crippen molar-refractivity contribution in [2.75, 3.05) is 13.1 Å². The van der Waals surface area contributed by atoms with Gasteiger partial charge < -0.3 is 21.5 Å². The normalized spacial score (nSPS) is 11.3. The van der Waals surface area contributed by atoms with Crippen LogP contribution in [0.25, 0.3) is 0 Å². The molecule has 0 aliphatic rings. The third-order valence-corrected chi connectivity index (χ3v) is 2.53. The zero-order chi connectivity index (χ0) is 15.8. The number of aliphatic carboxylic acids is 1. The molecule has 0 fully saturated rings. The molecule has 2 amide bonds. The van der Waals surface area contributed by atoms with Crippen molar-refractivity contribution >= 4 is 23.6 Å². The largest absolute Gasteiger partial charge is 0.479 e.